The summed E-state index contributed by atoms with van der Waals surface area (Å²) in [6, 6.07) is 7.11. The minimum Gasteiger partial charge on any atom is -0.451 e. The maximum absolute atomic E-state index is 10.8. The van der Waals surface area contributed by atoms with Gasteiger partial charge in [-0.05, 0) is 12.5 Å². The third-order valence-electron chi connectivity index (χ3n) is 2.07. The van der Waals surface area contributed by atoms with Crippen molar-refractivity contribution in [3.8, 4) is 0 Å². The highest BCUT2D eigenvalue weighted by Crippen LogP contribution is 2.18. The number of rotatable bonds is 4. The molecule has 0 N–H and O–H groups in total. The molecule has 1 rings (SSSR count). The normalized spacial score (nSPS) is 11.9. The molecular weight excluding hydrogens is 210 g/mol. The molecular formula is C11H13NO4. The molecule has 0 spiro atoms. The van der Waals surface area contributed by atoms with Crippen molar-refractivity contribution in [3.05, 3.63) is 45.5 Å². The molecule has 0 fully saturated rings. The lowest BCUT2D eigenvalue weighted by Crippen LogP contribution is -2.17. The number of nitrogens with zero attached hydrogens (tertiary/aromatic N) is 1. The Morgan fingerprint density at radius 2 is 2.00 bits per heavy atom. The second-order valence-corrected chi connectivity index (χ2v) is 3.52. The smallest absolute Gasteiger partial charge is 0.303 e. The standard InChI is InChI=1S/C11H13NO4/c1-8-3-5-10(6-4-8)11(7-12(14)15)16-9(2)13/h3-6,11H,7H2,1-2H3. The van der Waals surface area contributed by atoms with Crippen LogP contribution < -0.4 is 0 Å². The van der Waals surface area contributed by atoms with E-state index in [1.54, 1.807) is 12.1 Å². The lowest BCUT2D eigenvalue weighted by atomic mass is 10.1. The molecule has 86 valence electrons. The first-order valence-electron chi connectivity index (χ1n) is 4.84. The molecule has 0 aliphatic carbocycles. The minimum atomic E-state index is -0.812. The summed E-state index contributed by atoms with van der Waals surface area (Å²) >= 11 is 0. The second-order valence-electron chi connectivity index (χ2n) is 3.52. The molecule has 16 heavy (non-hydrogen) atoms. The van der Waals surface area contributed by atoms with Gasteiger partial charge in [-0.15, -0.1) is 0 Å². The van der Waals surface area contributed by atoms with Crippen LogP contribution in [0.2, 0.25) is 0 Å². The maximum Gasteiger partial charge on any atom is 0.303 e. The van der Waals surface area contributed by atoms with Crippen LogP contribution in [0.5, 0.6) is 0 Å². The van der Waals surface area contributed by atoms with Crippen LogP contribution in [0.3, 0.4) is 0 Å². The molecule has 0 radical (unpaired) electrons. The minimum absolute atomic E-state index is 0.414. The van der Waals surface area contributed by atoms with Crippen LogP contribution in [-0.4, -0.2) is 17.4 Å². The van der Waals surface area contributed by atoms with E-state index in [0.717, 1.165) is 5.56 Å². The van der Waals surface area contributed by atoms with Crippen LogP contribution in [0.25, 0.3) is 0 Å². The molecule has 1 aromatic carbocycles. The molecule has 0 aromatic heterocycles. The lowest BCUT2D eigenvalue weighted by molar-refractivity contribution is -0.491. The van der Waals surface area contributed by atoms with Crippen molar-refractivity contribution >= 4 is 5.97 Å². The molecule has 1 unspecified atom stereocenters. The Bertz CT molecular complexity index is 369. The van der Waals surface area contributed by atoms with Gasteiger partial charge >= 0.3 is 5.97 Å². The van der Waals surface area contributed by atoms with E-state index in [9.17, 15) is 14.9 Å². The van der Waals surface area contributed by atoms with E-state index in [2.05, 4.69) is 0 Å². The Morgan fingerprint density at radius 1 is 1.44 bits per heavy atom. The number of nitro groups is 1. The number of carbonyl (C=O) groups is 1. The summed E-state index contributed by atoms with van der Waals surface area (Å²) in [6.07, 6.45) is -0.812. The summed E-state index contributed by atoms with van der Waals surface area (Å²) < 4.78 is 4.91. The van der Waals surface area contributed by atoms with Crippen molar-refractivity contribution < 1.29 is 14.5 Å². The number of aryl methyl sites for hydroxylation is 1. The number of carbonyl (C=O) groups excluding carboxylic acids is 1. The zero-order valence-corrected chi connectivity index (χ0v) is 9.17. The zero-order chi connectivity index (χ0) is 12.1. The Morgan fingerprint density at radius 3 is 2.44 bits per heavy atom. The monoisotopic (exact) mass is 223 g/mol. The van der Waals surface area contributed by atoms with Crippen molar-refractivity contribution in [2.45, 2.75) is 20.0 Å². The summed E-state index contributed by atoms with van der Waals surface area (Å²) in [6.45, 7) is 2.74. The number of hydrogen-bond acceptors (Lipinski definition) is 4. The molecule has 0 bridgehead atoms. The molecule has 0 aliphatic heterocycles. The molecule has 0 saturated heterocycles. The molecule has 5 nitrogen and oxygen atoms in total. The Hall–Kier alpha value is -1.91. The Kier molecular flexibility index (Phi) is 3.99. The summed E-state index contributed by atoms with van der Waals surface area (Å²) in [5.74, 6) is -0.521. The maximum atomic E-state index is 10.8. The zero-order valence-electron chi connectivity index (χ0n) is 9.17. The van der Waals surface area contributed by atoms with Crippen LogP contribution in [0, 0.1) is 17.0 Å². The first-order valence-corrected chi connectivity index (χ1v) is 4.84. The Labute approximate surface area is 93.2 Å². The van der Waals surface area contributed by atoms with Gasteiger partial charge in [0.25, 0.3) is 0 Å². The predicted octanol–water partition coefficient (Wildman–Crippen LogP) is 1.88. The third-order valence-corrected chi connectivity index (χ3v) is 2.07. The first kappa shape index (κ1) is 12.2. The van der Waals surface area contributed by atoms with E-state index in [4.69, 9.17) is 4.74 Å². The quantitative estimate of drug-likeness (QED) is 0.444. The topological polar surface area (TPSA) is 69.4 Å². The van der Waals surface area contributed by atoms with Gasteiger partial charge < -0.3 is 4.74 Å². The average Bonchev–Trinajstić information content (AvgIpc) is 2.16. The fourth-order valence-corrected chi connectivity index (χ4v) is 1.33. The molecule has 0 amide bonds. The van der Waals surface area contributed by atoms with Crippen LogP contribution in [0.4, 0.5) is 0 Å². The molecule has 0 heterocycles. The van der Waals surface area contributed by atoms with Crippen LogP contribution in [0.15, 0.2) is 24.3 Å². The van der Waals surface area contributed by atoms with E-state index in [0.29, 0.717) is 5.56 Å². The fourth-order valence-electron chi connectivity index (χ4n) is 1.33. The number of esters is 1. The third kappa shape index (κ3) is 3.68. The van der Waals surface area contributed by atoms with E-state index in [-0.39, 0.29) is 0 Å². The van der Waals surface area contributed by atoms with Gasteiger partial charge in [-0.1, -0.05) is 29.8 Å². The fraction of sp³-hybridized carbons (Fsp3) is 0.364. The average molecular weight is 223 g/mol. The first-order chi connectivity index (χ1) is 7.49. The number of hydrogen-bond donors (Lipinski definition) is 0. The summed E-state index contributed by atoms with van der Waals surface area (Å²) in [7, 11) is 0. The van der Waals surface area contributed by atoms with E-state index in [1.165, 1.54) is 6.92 Å². The van der Waals surface area contributed by atoms with E-state index in [1.807, 2.05) is 19.1 Å². The van der Waals surface area contributed by atoms with E-state index >= 15 is 0 Å². The van der Waals surface area contributed by atoms with Gasteiger partial charge in [-0.2, -0.15) is 0 Å². The van der Waals surface area contributed by atoms with Gasteiger partial charge in [0.15, 0.2) is 6.10 Å². The van der Waals surface area contributed by atoms with Crippen LogP contribution in [-0.2, 0) is 9.53 Å². The highest BCUT2D eigenvalue weighted by atomic mass is 16.6. The molecule has 1 aromatic rings. The lowest BCUT2D eigenvalue weighted by Gasteiger charge is -2.13. The van der Waals surface area contributed by atoms with Gasteiger partial charge in [-0.25, -0.2) is 0 Å². The van der Waals surface area contributed by atoms with Gasteiger partial charge in [0, 0.05) is 11.8 Å². The van der Waals surface area contributed by atoms with Crippen LogP contribution >= 0.6 is 0 Å². The van der Waals surface area contributed by atoms with Crippen molar-refractivity contribution in [1.29, 1.82) is 0 Å². The van der Waals surface area contributed by atoms with Crippen molar-refractivity contribution in [2.75, 3.05) is 6.54 Å². The van der Waals surface area contributed by atoms with Crippen molar-refractivity contribution in [2.24, 2.45) is 0 Å². The highest BCUT2D eigenvalue weighted by Gasteiger charge is 2.20. The van der Waals surface area contributed by atoms with E-state index < -0.39 is 23.5 Å². The summed E-state index contributed by atoms with van der Waals surface area (Å²) in [5.41, 5.74) is 1.68. The summed E-state index contributed by atoms with van der Waals surface area (Å²) in [4.78, 5) is 20.8. The van der Waals surface area contributed by atoms with Gasteiger partial charge in [0.2, 0.25) is 6.54 Å². The molecule has 5 heteroatoms. The molecule has 0 aliphatic rings. The number of ether oxygens (including phenoxy) is 1. The SMILES string of the molecule is CC(=O)OC(C[N+](=O)[O-])c1ccc(C)cc1. The summed E-state index contributed by atoms with van der Waals surface area (Å²) in [5, 5.41) is 10.4. The van der Waals surface area contributed by atoms with Crippen molar-refractivity contribution in [1.82, 2.24) is 0 Å². The molecule has 1 atom stereocenters. The number of benzene rings is 1. The van der Waals surface area contributed by atoms with Gasteiger partial charge in [-0.3, -0.25) is 14.9 Å². The second kappa shape index (κ2) is 5.25. The predicted molar refractivity (Wildman–Crippen MR) is 57.5 cm³/mol. The van der Waals surface area contributed by atoms with Gasteiger partial charge in [0.05, 0.1) is 0 Å². The molecule has 0 saturated carbocycles. The van der Waals surface area contributed by atoms with Gasteiger partial charge in [0.1, 0.15) is 0 Å². The largest absolute Gasteiger partial charge is 0.451 e. The Balaban J connectivity index is 2.86. The van der Waals surface area contributed by atoms with Crippen molar-refractivity contribution in [3.63, 3.8) is 0 Å². The van der Waals surface area contributed by atoms with Crippen LogP contribution in [0.1, 0.15) is 24.2 Å². The highest BCUT2D eigenvalue weighted by molar-refractivity contribution is 5.66.